The molecule has 2 radical (unpaired) electrons. The summed E-state index contributed by atoms with van der Waals surface area (Å²) in [4.78, 5) is 0.612. The van der Waals surface area contributed by atoms with Gasteiger partial charge in [0, 0.05) is 11.4 Å². The fourth-order valence-electron chi connectivity index (χ4n) is 0.510. The predicted molar refractivity (Wildman–Crippen MR) is 31.1 cm³/mol. The van der Waals surface area contributed by atoms with Gasteiger partial charge < -0.3 is 4.74 Å². The van der Waals surface area contributed by atoms with Gasteiger partial charge in [-0.1, -0.05) is 15.9 Å². The maximum atomic E-state index is 4.86. The SMILES string of the molecule is BrC1C[C]OCC1. The summed E-state index contributed by atoms with van der Waals surface area (Å²) in [6, 6.07) is 0. The van der Waals surface area contributed by atoms with Crippen molar-refractivity contribution in [3.63, 3.8) is 0 Å². The Kier molecular flexibility index (Phi) is 2.13. The number of hydrogen-bond acceptors (Lipinski definition) is 1. The first kappa shape index (κ1) is 5.57. The van der Waals surface area contributed by atoms with Crippen molar-refractivity contribution in [2.24, 2.45) is 0 Å². The molecular weight excluding hydrogens is 156 g/mol. The van der Waals surface area contributed by atoms with Crippen LogP contribution in [0.1, 0.15) is 12.8 Å². The average Bonchev–Trinajstić information content (AvgIpc) is 1.69. The fourth-order valence-corrected chi connectivity index (χ4v) is 0.829. The van der Waals surface area contributed by atoms with Crippen LogP contribution in [0.2, 0.25) is 0 Å². The van der Waals surface area contributed by atoms with Crippen molar-refractivity contribution < 1.29 is 4.74 Å². The van der Waals surface area contributed by atoms with Gasteiger partial charge in [-0.15, -0.1) is 0 Å². The van der Waals surface area contributed by atoms with Crippen LogP contribution in [0.3, 0.4) is 0 Å². The van der Waals surface area contributed by atoms with E-state index in [9.17, 15) is 0 Å². The van der Waals surface area contributed by atoms with Crippen molar-refractivity contribution in [3.8, 4) is 0 Å². The molecule has 1 heterocycles. The van der Waals surface area contributed by atoms with E-state index in [1.807, 2.05) is 0 Å². The van der Waals surface area contributed by atoms with Crippen molar-refractivity contribution in [1.29, 1.82) is 0 Å². The molecule has 0 N–H and O–H groups in total. The molecule has 1 saturated heterocycles. The first-order chi connectivity index (χ1) is 3.39. The minimum atomic E-state index is 0.612. The van der Waals surface area contributed by atoms with E-state index in [-0.39, 0.29) is 0 Å². The average molecular weight is 163 g/mol. The van der Waals surface area contributed by atoms with Crippen molar-refractivity contribution >= 4 is 15.9 Å². The van der Waals surface area contributed by atoms with Gasteiger partial charge in [0.1, 0.15) is 6.61 Å². The Balaban J connectivity index is 2.12. The Hall–Kier alpha value is 0.440. The molecule has 7 heavy (non-hydrogen) atoms. The Labute approximate surface area is 52.2 Å². The van der Waals surface area contributed by atoms with Crippen LogP contribution >= 0.6 is 15.9 Å². The first-order valence-corrected chi connectivity index (χ1v) is 3.30. The van der Waals surface area contributed by atoms with Gasteiger partial charge in [-0.25, -0.2) is 0 Å². The molecule has 1 atom stereocenters. The second-order valence-corrected chi connectivity index (χ2v) is 2.88. The van der Waals surface area contributed by atoms with Gasteiger partial charge in [-0.2, -0.15) is 0 Å². The van der Waals surface area contributed by atoms with Gasteiger partial charge in [0.15, 0.2) is 0 Å². The van der Waals surface area contributed by atoms with E-state index in [4.69, 9.17) is 4.74 Å². The highest BCUT2D eigenvalue weighted by atomic mass is 79.9. The predicted octanol–water partition coefficient (Wildman–Crippen LogP) is 1.60. The Morgan fingerprint density at radius 3 is 2.86 bits per heavy atom. The van der Waals surface area contributed by atoms with Gasteiger partial charge in [-0.3, -0.25) is 0 Å². The summed E-state index contributed by atoms with van der Waals surface area (Å²) in [7, 11) is 0. The number of rotatable bonds is 0. The summed E-state index contributed by atoms with van der Waals surface area (Å²) in [6.07, 6.45) is 2.05. The standard InChI is InChI=1S/C5H7BrO/c6-5-1-3-7-4-2-5/h5H,1-3H2. The number of hydrogen-bond donors (Lipinski definition) is 0. The molecule has 2 heteroatoms. The molecule has 1 nitrogen and oxygen atoms in total. The maximum Gasteiger partial charge on any atom is 0.133 e. The normalized spacial score (nSPS) is 25.3. The van der Waals surface area contributed by atoms with Crippen LogP contribution in [0, 0.1) is 6.61 Å². The molecule has 0 aliphatic carbocycles. The summed E-state index contributed by atoms with van der Waals surface area (Å²) in [6.45, 7) is 3.62. The van der Waals surface area contributed by atoms with Crippen LogP contribution in [0.25, 0.3) is 0 Å². The Bertz CT molecular complexity index is 50.0. The number of halogens is 1. The lowest BCUT2D eigenvalue weighted by Gasteiger charge is -2.13. The summed E-state index contributed by atoms with van der Waals surface area (Å²) in [5, 5.41) is 0. The van der Waals surface area contributed by atoms with Gasteiger partial charge in [-0.05, 0) is 12.8 Å². The Morgan fingerprint density at radius 1 is 1.71 bits per heavy atom. The van der Waals surface area contributed by atoms with Crippen LogP contribution in [-0.4, -0.2) is 11.4 Å². The molecule has 1 fully saturated rings. The first-order valence-electron chi connectivity index (χ1n) is 2.38. The summed E-state index contributed by atoms with van der Waals surface area (Å²) in [5.41, 5.74) is 0. The summed E-state index contributed by atoms with van der Waals surface area (Å²) < 4.78 is 4.86. The third kappa shape index (κ3) is 1.78. The molecule has 0 saturated carbocycles. The molecular formula is C5H7BrO. The van der Waals surface area contributed by atoms with E-state index < -0.39 is 0 Å². The van der Waals surface area contributed by atoms with Crippen LogP contribution in [-0.2, 0) is 4.74 Å². The van der Waals surface area contributed by atoms with E-state index >= 15 is 0 Å². The van der Waals surface area contributed by atoms with E-state index in [1.165, 1.54) is 0 Å². The largest absolute Gasteiger partial charge is 0.369 e. The Morgan fingerprint density at radius 2 is 2.57 bits per heavy atom. The van der Waals surface area contributed by atoms with Crippen LogP contribution in [0.5, 0.6) is 0 Å². The zero-order chi connectivity index (χ0) is 5.11. The van der Waals surface area contributed by atoms with Gasteiger partial charge in [0.05, 0.1) is 0 Å². The quantitative estimate of drug-likeness (QED) is 0.493. The lowest BCUT2D eigenvalue weighted by atomic mass is 10.2. The number of ether oxygens (including phenoxy) is 1. The van der Waals surface area contributed by atoms with Crippen molar-refractivity contribution in [2.75, 3.05) is 6.61 Å². The second kappa shape index (κ2) is 2.68. The van der Waals surface area contributed by atoms with Crippen molar-refractivity contribution in [3.05, 3.63) is 6.61 Å². The highest BCUT2D eigenvalue weighted by molar-refractivity contribution is 9.09. The minimum Gasteiger partial charge on any atom is -0.369 e. The monoisotopic (exact) mass is 162 g/mol. The number of alkyl halides is 1. The van der Waals surface area contributed by atoms with E-state index in [2.05, 4.69) is 22.5 Å². The molecule has 1 aliphatic rings. The van der Waals surface area contributed by atoms with Gasteiger partial charge in [0.2, 0.25) is 0 Å². The van der Waals surface area contributed by atoms with E-state index in [0.29, 0.717) is 4.83 Å². The molecule has 0 amide bonds. The smallest absolute Gasteiger partial charge is 0.133 e. The van der Waals surface area contributed by atoms with Gasteiger partial charge in [0.25, 0.3) is 0 Å². The highest BCUT2D eigenvalue weighted by Crippen LogP contribution is 2.16. The summed E-state index contributed by atoms with van der Waals surface area (Å²) >= 11 is 3.45. The minimum absolute atomic E-state index is 0.612. The van der Waals surface area contributed by atoms with Crippen molar-refractivity contribution in [1.82, 2.24) is 0 Å². The lowest BCUT2D eigenvalue weighted by Crippen LogP contribution is -2.10. The maximum absolute atomic E-state index is 4.86. The molecule has 1 unspecified atom stereocenters. The van der Waals surface area contributed by atoms with Crippen molar-refractivity contribution in [2.45, 2.75) is 17.7 Å². The zero-order valence-corrected chi connectivity index (χ0v) is 5.57. The molecule has 1 aliphatic heterocycles. The second-order valence-electron chi connectivity index (χ2n) is 1.58. The van der Waals surface area contributed by atoms with Crippen LogP contribution < -0.4 is 0 Å². The molecule has 0 aromatic rings. The molecule has 0 aromatic carbocycles. The van der Waals surface area contributed by atoms with E-state index in [1.54, 1.807) is 0 Å². The molecule has 1 rings (SSSR count). The third-order valence-corrected chi connectivity index (χ3v) is 1.72. The molecule has 0 aromatic heterocycles. The summed E-state index contributed by atoms with van der Waals surface area (Å²) in [5.74, 6) is 0. The molecule has 0 bridgehead atoms. The molecule has 0 spiro atoms. The van der Waals surface area contributed by atoms with Gasteiger partial charge >= 0.3 is 0 Å². The fraction of sp³-hybridized carbons (Fsp3) is 0.800. The van der Waals surface area contributed by atoms with Crippen LogP contribution in [0.4, 0.5) is 0 Å². The lowest BCUT2D eigenvalue weighted by molar-refractivity contribution is 0.160. The third-order valence-electron chi connectivity index (χ3n) is 0.940. The van der Waals surface area contributed by atoms with Crippen LogP contribution in [0.15, 0.2) is 0 Å². The zero-order valence-electron chi connectivity index (χ0n) is 3.98. The topological polar surface area (TPSA) is 9.23 Å². The molecule has 40 valence electrons. The van der Waals surface area contributed by atoms with E-state index in [0.717, 1.165) is 19.4 Å². The highest BCUT2D eigenvalue weighted by Gasteiger charge is 2.09.